The van der Waals surface area contributed by atoms with Gasteiger partial charge in [0.2, 0.25) is 0 Å². The second-order valence-electron chi connectivity index (χ2n) is 4.59. The highest BCUT2D eigenvalue weighted by atomic mass is 33.1. The van der Waals surface area contributed by atoms with Gasteiger partial charge in [0.25, 0.3) is 0 Å². The second-order valence-corrected chi connectivity index (χ2v) is 7.34. The molecule has 2 fully saturated rings. The van der Waals surface area contributed by atoms with E-state index in [9.17, 15) is 0 Å². The van der Waals surface area contributed by atoms with Crippen LogP contribution < -0.4 is 0 Å². The zero-order chi connectivity index (χ0) is 11.0. The minimum absolute atomic E-state index is 0.388. The SMILES string of the molecule is COC1C(c2ccccc2)SSC12CCC2. The quantitative estimate of drug-likeness (QED) is 0.735. The molecule has 1 aromatic rings. The first kappa shape index (κ1) is 11.0. The average Bonchev–Trinajstić information content (AvgIpc) is 2.69. The normalized spacial score (nSPS) is 31.6. The minimum atomic E-state index is 0.388. The average molecular weight is 252 g/mol. The highest BCUT2D eigenvalue weighted by Gasteiger charge is 2.54. The van der Waals surface area contributed by atoms with E-state index in [2.05, 4.69) is 41.1 Å². The molecule has 0 radical (unpaired) electrons. The van der Waals surface area contributed by atoms with Gasteiger partial charge in [-0.15, -0.1) is 0 Å². The molecular weight excluding hydrogens is 236 g/mol. The molecule has 0 amide bonds. The van der Waals surface area contributed by atoms with Crippen LogP contribution in [0.15, 0.2) is 30.3 Å². The standard InChI is InChI=1S/C13H16OS2/c1-14-12-11(10-6-3-2-4-7-10)15-16-13(12)8-5-9-13/h2-4,6-7,11-12H,5,8-9H2,1H3. The van der Waals surface area contributed by atoms with Crippen LogP contribution in [0.2, 0.25) is 0 Å². The Hall–Kier alpha value is -0.120. The minimum Gasteiger partial charge on any atom is -0.378 e. The molecule has 3 heteroatoms. The summed E-state index contributed by atoms with van der Waals surface area (Å²) in [5.41, 5.74) is 1.41. The first-order valence-corrected chi connectivity index (χ1v) is 7.99. The van der Waals surface area contributed by atoms with Gasteiger partial charge in [-0.3, -0.25) is 0 Å². The summed E-state index contributed by atoms with van der Waals surface area (Å²) in [6.07, 6.45) is 4.41. The molecule has 1 heterocycles. The van der Waals surface area contributed by atoms with E-state index in [0.29, 0.717) is 16.1 Å². The number of ether oxygens (including phenoxy) is 1. The predicted molar refractivity (Wildman–Crippen MR) is 71.7 cm³/mol. The Bertz CT molecular complexity index is 361. The molecule has 1 nitrogen and oxygen atoms in total. The zero-order valence-corrected chi connectivity index (χ0v) is 11.0. The Morgan fingerprint density at radius 2 is 2.00 bits per heavy atom. The van der Waals surface area contributed by atoms with Gasteiger partial charge in [0.1, 0.15) is 0 Å². The first-order valence-electron chi connectivity index (χ1n) is 5.78. The van der Waals surface area contributed by atoms with Crippen molar-refractivity contribution in [1.29, 1.82) is 0 Å². The van der Waals surface area contributed by atoms with Gasteiger partial charge >= 0.3 is 0 Å². The highest BCUT2D eigenvalue weighted by molar-refractivity contribution is 8.77. The summed E-state index contributed by atoms with van der Waals surface area (Å²) in [6, 6.07) is 10.8. The third-order valence-corrected chi connectivity index (χ3v) is 7.40. The van der Waals surface area contributed by atoms with Gasteiger partial charge in [0.15, 0.2) is 0 Å². The molecule has 0 N–H and O–H groups in total. The third-order valence-electron chi connectivity index (χ3n) is 3.69. The van der Waals surface area contributed by atoms with E-state index < -0.39 is 0 Å². The van der Waals surface area contributed by atoms with Gasteiger partial charge in [0.05, 0.1) is 16.1 Å². The summed E-state index contributed by atoms with van der Waals surface area (Å²) >= 11 is 0. The van der Waals surface area contributed by atoms with Crippen molar-refractivity contribution in [3.05, 3.63) is 35.9 Å². The summed E-state index contributed by atoms with van der Waals surface area (Å²) < 4.78 is 6.21. The van der Waals surface area contributed by atoms with Crippen molar-refractivity contribution in [3.63, 3.8) is 0 Å². The van der Waals surface area contributed by atoms with Crippen molar-refractivity contribution < 1.29 is 4.74 Å². The van der Waals surface area contributed by atoms with E-state index in [1.165, 1.54) is 24.8 Å². The lowest BCUT2D eigenvalue weighted by atomic mass is 9.77. The van der Waals surface area contributed by atoms with Crippen LogP contribution in [0.25, 0.3) is 0 Å². The summed E-state index contributed by atoms with van der Waals surface area (Å²) in [5, 5.41) is 0.511. The lowest BCUT2D eigenvalue weighted by Crippen LogP contribution is -2.44. The monoisotopic (exact) mass is 252 g/mol. The fourth-order valence-corrected chi connectivity index (χ4v) is 6.84. The van der Waals surface area contributed by atoms with Crippen LogP contribution in [0.3, 0.4) is 0 Å². The summed E-state index contributed by atoms with van der Waals surface area (Å²) in [4.78, 5) is 0. The van der Waals surface area contributed by atoms with Crippen LogP contribution in [-0.2, 0) is 4.74 Å². The fourth-order valence-electron chi connectivity index (χ4n) is 2.63. The molecule has 1 saturated heterocycles. The lowest BCUT2D eigenvalue weighted by molar-refractivity contribution is 0.0410. The van der Waals surface area contributed by atoms with Crippen LogP contribution in [-0.4, -0.2) is 18.0 Å². The molecule has 1 aliphatic heterocycles. The van der Waals surface area contributed by atoms with Crippen molar-refractivity contribution >= 4 is 21.6 Å². The number of rotatable bonds is 2. The van der Waals surface area contributed by atoms with E-state index in [0.717, 1.165) is 0 Å². The van der Waals surface area contributed by atoms with Crippen LogP contribution in [0.4, 0.5) is 0 Å². The number of methoxy groups -OCH3 is 1. The molecule has 2 unspecified atom stereocenters. The Morgan fingerprint density at radius 3 is 2.56 bits per heavy atom. The maximum Gasteiger partial charge on any atom is 0.0893 e. The topological polar surface area (TPSA) is 9.23 Å². The van der Waals surface area contributed by atoms with E-state index in [-0.39, 0.29) is 0 Å². The summed E-state index contributed by atoms with van der Waals surface area (Å²) in [5.74, 6) is 0. The molecule has 1 saturated carbocycles. The van der Waals surface area contributed by atoms with Crippen molar-refractivity contribution in [2.24, 2.45) is 0 Å². The van der Waals surface area contributed by atoms with Crippen molar-refractivity contribution in [2.45, 2.75) is 35.4 Å². The summed E-state index contributed by atoms with van der Waals surface area (Å²) in [6.45, 7) is 0. The highest BCUT2D eigenvalue weighted by Crippen LogP contribution is 2.66. The first-order chi connectivity index (χ1) is 7.86. The van der Waals surface area contributed by atoms with Gasteiger partial charge in [-0.05, 0) is 18.4 Å². The van der Waals surface area contributed by atoms with Crippen molar-refractivity contribution in [3.8, 4) is 0 Å². The van der Waals surface area contributed by atoms with E-state index in [4.69, 9.17) is 4.74 Å². The molecule has 2 atom stereocenters. The van der Waals surface area contributed by atoms with Crippen LogP contribution >= 0.6 is 21.6 Å². The van der Waals surface area contributed by atoms with E-state index in [1.807, 2.05) is 17.9 Å². The smallest absolute Gasteiger partial charge is 0.0893 e. The van der Waals surface area contributed by atoms with E-state index >= 15 is 0 Å². The Morgan fingerprint density at radius 1 is 1.25 bits per heavy atom. The zero-order valence-electron chi connectivity index (χ0n) is 9.39. The molecule has 0 aromatic heterocycles. The molecular formula is C13H16OS2. The molecule has 3 rings (SSSR count). The molecule has 86 valence electrons. The molecule has 1 aliphatic carbocycles. The Labute approximate surface area is 105 Å². The van der Waals surface area contributed by atoms with Gasteiger partial charge in [-0.1, -0.05) is 58.3 Å². The third kappa shape index (κ3) is 1.60. The molecule has 1 spiro atoms. The van der Waals surface area contributed by atoms with Gasteiger partial charge in [-0.2, -0.15) is 0 Å². The van der Waals surface area contributed by atoms with Crippen LogP contribution in [0.1, 0.15) is 30.1 Å². The van der Waals surface area contributed by atoms with Crippen LogP contribution in [0, 0.1) is 0 Å². The molecule has 0 bridgehead atoms. The number of hydrogen-bond donors (Lipinski definition) is 0. The number of benzene rings is 1. The van der Waals surface area contributed by atoms with Crippen molar-refractivity contribution in [2.75, 3.05) is 7.11 Å². The largest absolute Gasteiger partial charge is 0.378 e. The van der Waals surface area contributed by atoms with Gasteiger partial charge < -0.3 is 4.74 Å². The number of hydrogen-bond acceptors (Lipinski definition) is 3. The van der Waals surface area contributed by atoms with Gasteiger partial charge in [0, 0.05) is 7.11 Å². The van der Waals surface area contributed by atoms with Crippen LogP contribution in [0.5, 0.6) is 0 Å². The van der Waals surface area contributed by atoms with Crippen molar-refractivity contribution in [1.82, 2.24) is 0 Å². The Balaban J connectivity index is 1.87. The van der Waals surface area contributed by atoms with E-state index in [1.54, 1.807) is 0 Å². The Kier molecular flexibility index (Phi) is 2.94. The maximum atomic E-state index is 5.79. The lowest BCUT2D eigenvalue weighted by Gasteiger charge is -2.41. The summed E-state index contributed by atoms with van der Waals surface area (Å²) in [7, 11) is 5.93. The maximum absolute atomic E-state index is 5.79. The molecule has 16 heavy (non-hydrogen) atoms. The predicted octanol–water partition coefficient (Wildman–Crippen LogP) is 4.06. The van der Waals surface area contributed by atoms with Gasteiger partial charge in [-0.25, -0.2) is 0 Å². The second kappa shape index (κ2) is 4.28. The molecule has 1 aromatic carbocycles. The molecule has 2 aliphatic rings. The fraction of sp³-hybridized carbons (Fsp3) is 0.538.